The van der Waals surface area contributed by atoms with Crippen molar-refractivity contribution in [3.05, 3.63) is 35.2 Å². The summed E-state index contributed by atoms with van der Waals surface area (Å²) in [5.74, 6) is 0.668. The topological polar surface area (TPSA) is 12.9 Å². The third kappa shape index (κ3) is 1.47. The van der Waals surface area contributed by atoms with Gasteiger partial charge in [0.2, 0.25) is 0 Å². The van der Waals surface area contributed by atoms with Gasteiger partial charge in [-0.05, 0) is 49.8 Å². The van der Waals surface area contributed by atoms with Crippen LogP contribution in [0.5, 0.6) is 0 Å². The molecule has 0 spiro atoms. The fourth-order valence-electron chi connectivity index (χ4n) is 2.19. The molecular weight excluding hydrogens is 170 g/mol. The second kappa shape index (κ2) is 3.56. The Morgan fingerprint density at radius 3 is 2.93 bits per heavy atom. The normalized spacial score (nSPS) is 20.5. The van der Waals surface area contributed by atoms with Crippen molar-refractivity contribution in [3.63, 3.8) is 0 Å². The van der Waals surface area contributed by atoms with E-state index in [1.807, 2.05) is 12.3 Å². The molecule has 0 bridgehead atoms. The summed E-state index contributed by atoms with van der Waals surface area (Å²) >= 11 is 0. The lowest BCUT2D eigenvalue weighted by Gasteiger charge is -2.24. The second-order valence-electron chi connectivity index (χ2n) is 4.36. The maximum atomic E-state index is 4.51. The summed E-state index contributed by atoms with van der Waals surface area (Å²) in [6.07, 6.45) is 4.35. The Morgan fingerprint density at radius 2 is 2.21 bits per heavy atom. The molecule has 2 rings (SSSR count). The first-order valence-electron chi connectivity index (χ1n) is 5.31. The van der Waals surface area contributed by atoms with Gasteiger partial charge in [0.05, 0.1) is 5.69 Å². The van der Waals surface area contributed by atoms with Crippen molar-refractivity contribution >= 4 is 5.57 Å². The third-order valence-electron chi connectivity index (χ3n) is 3.09. The van der Waals surface area contributed by atoms with E-state index in [9.17, 15) is 0 Å². The van der Waals surface area contributed by atoms with Crippen molar-refractivity contribution in [2.45, 2.75) is 39.5 Å². The maximum Gasteiger partial charge on any atom is 0.0695 e. The van der Waals surface area contributed by atoms with Crippen LogP contribution in [0.4, 0.5) is 0 Å². The molecule has 0 fully saturated rings. The van der Waals surface area contributed by atoms with Gasteiger partial charge < -0.3 is 0 Å². The molecule has 0 radical (unpaired) electrons. The molecule has 0 unspecified atom stereocenters. The molecule has 1 heterocycles. The van der Waals surface area contributed by atoms with Crippen molar-refractivity contribution in [2.24, 2.45) is 0 Å². The summed E-state index contributed by atoms with van der Waals surface area (Å²) in [6, 6.07) is 4.26. The predicted molar refractivity (Wildman–Crippen MR) is 60.2 cm³/mol. The number of rotatable bonds is 0. The first kappa shape index (κ1) is 9.45. The van der Waals surface area contributed by atoms with Crippen LogP contribution < -0.4 is 0 Å². The molecule has 0 aliphatic heterocycles. The van der Waals surface area contributed by atoms with E-state index < -0.39 is 0 Å². The quantitative estimate of drug-likeness (QED) is 0.602. The van der Waals surface area contributed by atoms with Crippen LogP contribution in [0, 0.1) is 0 Å². The molecule has 0 N–H and O–H groups in total. The van der Waals surface area contributed by atoms with E-state index in [0.717, 1.165) is 0 Å². The molecule has 1 heteroatoms. The van der Waals surface area contributed by atoms with Crippen LogP contribution in [-0.2, 0) is 0 Å². The van der Waals surface area contributed by atoms with Gasteiger partial charge in [0.25, 0.3) is 0 Å². The van der Waals surface area contributed by atoms with Crippen molar-refractivity contribution < 1.29 is 0 Å². The van der Waals surface area contributed by atoms with E-state index in [0.29, 0.717) is 5.92 Å². The van der Waals surface area contributed by atoms with Crippen LogP contribution in [0.25, 0.3) is 5.57 Å². The highest BCUT2D eigenvalue weighted by atomic mass is 14.7. The Kier molecular flexibility index (Phi) is 2.40. The van der Waals surface area contributed by atoms with Gasteiger partial charge in [-0.15, -0.1) is 0 Å². The lowest BCUT2D eigenvalue weighted by Crippen LogP contribution is -2.08. The van der Waals surface area contributed by atoms with E-state index in [1.54, 1.807) is 0 Å². The van der Waals surface area contributed by atoms with Gasteiger partial charge in [0.15, 0.2) is 0 Å². The summed E-state index contributed by atoms with van der Waals surface area (Å²) in [4.78, 5) is 4.51. The van der Waals surface area contributed by atoms with Crippen molar-refractivity contribution in [3.8, 4) is 0 Å². The molecule has 0 aromatic carbocycles. The van der Waals surface area contributed by atoms with Gasteiger partial charge in [0, 0.05) is 6.20 Å². The Hall–Kier alpha value is -1.11. The van der Waals surface area contributed by atoms with E-state index in [2.05, 4.69) is 31.8 Å². The van der Waals surface area contributed by atoms with Crippen LogP contribution in [0.2, 0.25) is 0 Å². The van der Waals surface area contributed by atoms with E-state index in [4.69, 9.17) is 0 Å². The molecule has 1 aliphatic carbocycles. The smallest absolute Gasteiger partial charge is 0.0695 e. The Morgan fingerprint density at radius 1 is 1.43 bits per heavy atom. The van der Waals surface area contributed by atoms with Crippen LogP contribution in [0.1, 0.15) is 50.8 Å². The van der Waals surface area contributed by atoms with E-state index in [-0.39, 0.29) is 0 Å². The Labute approximate surface area is 85.9 Å². The van der Waals surface area contributed by atoms with Gasteiger partial charge >= 0.3 is 0 Å². The van der Waals surface area contributed by atoms with Gasteiger partial charge in [-0.1, -0.05) is 18.6 Å². The number of aromatic nitrogens is 1. The molecule has 1 aromatic heterocycles. The summed E-state index contributed by atoms with van der Waals surface area (Å²) in [6.45, 7) is 6.66. The monoisotopic (exact) mass is 187 g/mol. The first-order valence-corrected chi connectivity index (χ1v) is 5.31. The minimum Gasteiger partial charge on any atom is -0.256 e. The molecule has 0 saturated heterocycles. The number of hydrogen-bond donors (Lipinski definition) is 0. The van der Waals surface area contributed by atoms with Crippen molar-refractivity contribution in [1.82, 2.24) is 4.98 Å². The fourth-order valence-corrected chi connectivity index (χ4v) is 2.19. The molecule has 1 nitrogen and oxygen atoms in total. The lowest BCUT2D eigenvalue weighted by molar-refractivity contribution is 0.666. The molecule has 0 saturated carbocycles. The minimum atomic E-state index is 0.668. The Balaban J connectivity index is 2.58. The summed E-state index contributed by atoms with van der Waals surface area (Å²) in [5, 5.41) is 0. The average molecular weight is 187 g/mol. The molecule has 0 amide bonds. The zero-order valence-electron chi connectivity index (χ0n) is 9.17. The molecule has 1 atom stereocenters. The number of nitrogens with zero attached hydrogens (tertiary/aromatic N) is 1. The first-order chi connectivity index (χ1) is 6.70. The predicted octanol–water partition coefficient (Wildman–Crippen LogP) is 3.77. The molecule has 14 heavy (non-hydrogen) atoms. The maximum absolute atomic E-state index is 4.51. The molecule has 1 aliphatic rings. The highest BCUT2D eigenvalue weighted by Gasteiger charge is 2.21. The molecule has 1 aromatic rings. The molecule has 74 valence electrons. The van der Waals surface area contributed by atoms with E-state index >= 15 is 0 Å². The van der Waals surface area contributed by atoms with Crippen LogP contribution in [-0.4, -0.2) is 4.98 Å². The highest BCUT2D eigenvalue weighted by molar-refractivity contribution is 5.69. The third-order valence-corrected chi connectivity index (χ3v) is 3.09. The van der Waals surface area contributed by atoms with E-state index in [1.165, 1.54) is 35.2 Å². The summed E-state index contributed by atoms with van der Waals surface area (Å²) < 4.78 is 0. The van der Waals surface area contributed by atoms with Gasteiger partial charge in [-0.25, -0.2) is 0 Å². The van der Waals surface area contributed by atoms with Gasteiger partial charge in [-0.3, -0.25) is 4.98 Å². The number of hydrogen-bond acceptors (Lipinski definition) is 1. The van der Waals surface area contributed by atoms with Gasteiger partial charge in [-0.2, -0.15) is 0 Å². The number of fused-ring (bicyclic) bond motifs is 1. The van der Waals surface area contributed by atoms with Crippen LogP contribution in [0.3, 0.4) is 0 Å². The highest BCUT2D eigenvalue weighted by Crippen LogP contribution is 2.37. The second-order valence-corrected chi connectivity index (χ2v) is 4.36. The summed E-state index contributed by atoms with van der Waals surface area (Å²) in [5.41, 5.74) is 5.54. The van der Waals surface area contributed by atoms with Gasteiger partial charge in [0.1, 0.15) is 0 Å². The SMILES string of the molecule is CC(C)=C1CC[C@@H](C)c2cccnc21. The number of allylic oxidation sites excluding steroid dienone is 2. The van der Waals surface area contributed by atoms with Crippen molar-refractivity contribution in [2.75, 3.05) is 0 Å². The molecular formula is C13H17N. The standard InChI is InChI=1S/C13H17N/c1-9(2)11-7-6-10(3)12-5-4-8-14-13(11)12/h4-5,8,10H,6-7H2,1-3H3/t10-/m1/s1. The zero-order valence-corrected chi connectivity index (χ0v) is 9.17. The average Bonchev–Trinajstić information content (AvgIpc) is 2.18. The van der Waals surface area contributed by atoms with Crippen LogP contribution >= 0.6 is 0 Å². The van der Waals surface area contributed by atoms with Crippen molar-refractivity contribution in [1.29, 1.82) is 0 Å². The number of pyridine rings is 1. The Bertz CT molecular complexity index is 373. The minimum absolute atomic E-state index is 0.668. The van der Waals surface area contributed by atoms with Crippen LogP contribution in [0.15, 0.2) is 23.9 Å². The lowest BCUT2D eigenvalue weighted by atomic mass is 9.82. The fraction of sp³-hybridized carbons (Fsp3) is 0.462. The largest absolute Gasteiger partial charge is 0.256 e. The summed E-state index contributed by atoms with van der Waals surface area (Å²) in [7, 11) is 0. The zero-order chi connectivity index (χ0) is 10.1.